The predicted molar refractivity (Wildman–Crippen MR) is 69.6 cm³/mol. The lowest BCUT2D eigenvalue weighted by Crippen LogP contribution is -1.86. The van der Waals surface area contributed by atoms with Crippen LogP contribution in [0.15, 0.2) is 35.6 Å². The van der Waals surface area contributed by atoms with E-state index in [1.54, 1.807) is 0 Å². The van der Waals surface area contributed by atoms with Gasteiger partial charge in [-0.15, -0.1) is 0 Å². The predicted octanol–water partition coefficient (Wildman–Crippen LogP) is 3.98. The Bertz CT molecular complexity index is 597. The molecule has 0 radical (unpaired) electrons. The molecule has 18 heavy (non-hydrogen) atoms. The molecule has 1 aromatic carbocycles. The zero-order valence-corrected chi connectivity index (χ0v) is 10.5. The van der Waals surface area contributed by atoms with Gasteiger partial charge >= 0.3 is 0 Å². The number of nitrogens with zero attached hydrogens (tertiary/aromatic N) is 2. The van der Waals surface area contributed by atoms with Gasteiger partial charge < -0.3 is 5.11 Å². The molecule has 2 aromatic rings. The van der Waals surface area contributed by atoms with E-state index in [2.05, 4.69) is 9.98 Å². The van der Waals surface area contributed by atoms with E-state index in [4.69, 9.17) is 23.2 Å². The fourth-order valence-corrected chi connectivity index (χ4v) is 1.64. The van der Waals surface area contributed by atoms with Crippen molar-refractivity contribution in [3.8, 4) is 5.75 Å². The SMILES string of the molecule is Oc1cncc(Cl)c1/C=N/c1ccc(F)c(Cl)c1. The maximum absolute atomic E-state index is 12.9. The van der Waals surface area contributed by atoms with Crippen molar-refractivity contribution < 1.29 is 9.50 Å². The summed E-state index contributed by atoms with van der Waals surface area (Å²) < 4.78 is 12.9. The first-order chi connectivity index (χ1) is 8.58. The number of rotatable bonds is 2. The standard InChI is InChI=1S/C12H7Cl2FN2O/c13-9-3-7(1-2-11(9)15)17-4-8-10(14)5-16-6-12(8)18/h1-6,18H/b17-4+. The van der Waals surface area contributed by atoms with E-state index in [0.717, 1.165) is 0 Å². The maximum atomic E-state index is 12.9. The van der Waals surface area contributed by atoms with Gasteiger partial charge in [0.25, 0.3) is 0 Å². The first kappa shape index (κ1) is 12.8. The number of hydrogen-bond acceptors (Lipinski definition) is 3. The van der Waals surface area contributed by atoms with Crippen LogP contribution in [0.1, 0.15) is 5.56 Å². The highest BCUT2D eigenvalue weighted by atomic mass is 35.5. The fourth-order valence-electron chi connectivity index (χ4n) is 1.27. The van der Waals surface area contributed by atoms with Gasteiger partial charge in [-0.2, -0.15) is 0 Å². The Morgan fingerprint density at radius 3 is 2.67 bits per heavy atom. The van der Waals surface area contributed by atoms with E-state index in [1.165, 1.54) is 36.8 Å². The molecule has 0 saturated carbocycles. The average molecular weight is 285 g/mol. The van der Waals surface area contributed by atoms with Crippen molar-refractivity contribution in [2.24, 2.45) is 4.99 Å². The molecule has 0 spiro atoms. The van der Waals surface area contributed by atoms with Gasteiger partial charge in [0.1, 0.15) is 11.6 Å². The second-order valence-corrected chi connectivity index (χ2v) is 4.23. The smallest absolute Gasteiger partial charge is 0.144 e. The largest absolute Gasteiger partial charge is 0.506 e. The molecular formula is C12H7Cl2FN2O. The second kappa shape index (κ2) is 5.33. The van der Waals surface area contributed by atoms with Gasteiger partial charge in [-0.05, 0) is 18.2 Å². The molecule has 0 bridgehead atoms. The summed E-state index contributed by atoms with van der Waals surface area (Å²) in [5.41, 5.74) is 0.792. The lowest BCUT2D eigenvalue weighted by atomic mass is 10.2. The quantitative estimate of drug-likeness (QED) is 0.848. The molecule has 3 nitrogen and oxygen atoms in total. The van der Waals surface area contributed by atoms with Crippen LogP contribution in [0.3, 0.4) is 0 Å². The van der Waals surface area contributed by atoms with Crippen LogP contribution in [0.2, 0.25) is 10.0 Å². The van der Waals surface area contributed by atoms with Crippen molar-refractivity contribution in [3.63, 3.8) is 0 Å². The number of aromatic nitrogens is 1. The van der Waals surface area contributed by atoms with Gasteiger partial charge in [0.05, 0.1) is 27.5 Å². The number of hydrogen-bond donors (Lipinski definition) is 1. The molecule has 0 atom stereocenters. The Kier molecular flexibility index (Phi) is 3.79. The van der Waals surface area contributed by atoms with E-state index in [9.17, 15) is 9.50 Å². The highest BCUT2D eigenvalue weighted by molar-refractivity contribution is 6.33. The van der Waals surface area contributed by atoms with Gasteiger partial charge in [-0.25, -0.2) is 4.39 Å². The lowest BCUT2D eigenvalue weighted by Gasteiger charge is -2.00. The molecule has 2 rings (SSSR count). The molecule has 0 aliphatic heterocycles. The molecule has 0 aliphatic carbocycles. The topological polar surface area (TPSA) is 45.5 Å². The average Bonchev–Trinajstić information content (AvgIpc) is 2.33. The summed E-state index contributed by atoms with van der Waals surface area (Å²) in [5, 5.41) is 9.80. The van der Waals surface area contributed by atoms with Crippen LogP contribution in [0.4, 0.5) is 10.1 Å². The molecule has 1 N–H and O–H groups in total. The van der Waals surface area contributed by atoms with E-state index in [-0.39, 0.29) is 15.8 Å². The van der Waals surface area contributed by atoms with Gasteiger partial charge in [0.15, 0.2) is 0 Å². The van der Waals surface area contributed by atoms with Crippen LogP contribution < -0.4 is 0 Å². The monoisotopic (exact) mass is 284 g/mol. The minimum absolute atomic E-state index is 0.0188. The van der Waals surface area contributed by atoms with E-state index >= 15 is 0 Å². The number of pyridine rings is 1. The summed E-state index contributed by atoms with van der Waals surface area (Å²) >= 11 is 11.5. The Morgan fingerprint density at radius 1 is 1.22 bits per heavy atom. The van der Waals surface area contributed by atoms with Crippen molar-refractivity contribution in [1.29, 1.82) is 0 Å². The molecule has 6 heteroatoms. The third-order valence-corrected chi connectivity index (χ3v) is 2.75. The summed E-state index contributed by atoms with van der Waals surface area (Å²) in [6, 6.07) is 4.05. The van der Waals surface area contributed by atoms with Crippen LogP contribution in [-0.2, 0) is 0 Å². The van der Waals surface area contributed by atoms with E-state index in [0.29, 0.717) is 11.3 Å². The zero-order valence-electron chi connectivity index (χ0n) is 8.94. The van der Waals surface area contributed by atoms with Gasteiger partial charge in [0, 0.05) is 12.4 Å². The molecule has 1 heterocycles. The molecule has 0 aliphatic rings. The summed E-state index contributed by atoms with van der Waals surface area (Å²) in [6.45, 7) is 0. The van der Waals surface area contributed by atoms with Crippen molar-refractivity contribution in [2.75, 3.05) is 0 Å². The van der Waals surface area contributed by atoms with Crippen LogP contribution in [0.25, 0.3) is 0 Å². The molecule has 0 saturated heterocycles. The minimum atomic E-state index is -0.514. The van der Waals surface area contributed by atoms with Gasteiger partial charge in [-0.1, -0.05) is 23.2 Å². The number of aliphatic imine (C=N–C) groups is 1. The normalized spacial score (nSPS) is 11.1. The van der Waals surface area contributed by atoms with Crippen LogP contribution in [0, 0.1) is 5.82 Å². The fraction of sp³-hybridized carbons (Fsp3) is 0. The van der Waals surface area contributed by atoms with Gasteiger partial charge in [0.2, 0.25) is 0 Å². The Morgan fingerprint density at radius 2 is 2.00 bits per heavy atom. The van der Waals surface area contributed by atoms with Crippen molar-refractivity contribution in [2.45, 2.75) is 0 Å². The van der Waals surface area contributed by atoms with E-state index < -0.39 is 5.82 Å². The number of aromatic hydroxyl groups is 1. The Hall–Kier alpha value is -1.65. The third-order valence-electron chi connectivity index (χ3n) is 2.16. The molecule has 1 aromatic heterocycles. The first-order valence-corrected chi connectivity index (χ1v) is 5.65. The summed E-state index contributed by atoms with van der Waals surface area (Å²) in [4.78, 5) is 7.76. The van der Waals surface area contributed by atoms with Crippen molar-refractivity contribution in [1.82, 2.24) is 4.98 Å². The molecular weight excluding hydrogens is 278 g/mol. The van der Waals surface area contributed by atoms with Crippen LogP contribution in [0.5, 0.6) is 5.75 Å². The number of benzene rings is 1. The Labute approximate surface area is 113 Å². The van der Waals surface area contributed by atoms with Crippen LogP contribution >= 0.6 is 23.2 Å². The second-order valence-electron chi connectivity index (χ2n) is 3.41. The first-order valence-electron chi connectivity index (χ1n) is 4.89. The third kappa shape index (κ3) is 2.78. The highest BCUT2D eigenvalue weighted by Gasteiger charge is 2.04. The lowest BCUT2D eigenvalue weighted by molar-refractivity contribution is 0.472. The molecule has 0 unspecified atom stereocenters. The van der Waals surface area contributed by atoms with Crippen molar-refractivity contribution >= 4 is 35.1 Å². The molecule has 92 valence electrons. The maximum Gasteiger partial charge on any atom is 0.144 e. The Balaban J connectivity index is 2.33. The summed E-state index contributed by atoms with van der Waals surface area (Å²) in [5.74, 6) is -0.597. The van der Waals surface area contributed by atoms with Gasteiger partial charge in [-0.3, -0.25) is 9.98 Å². The molecule has 0 fully saturated rings. The minimum Gasteiger partial charge on any atom is -0.506 e. The van der Waals surface area contributed by atoms with Crippen molar-refractivity contribution in [3.05, 3.63) is 52.0 Å². The molecule has 0 amide bonds. The zero-order chi connectivity index (χ0) is 13.1. The number of halogens is 3. The highest BCUT2D eigenvalue weighted by Crippen LogP contribution is 2.24. The summed E-state index contributed by atoms with van der Waals surface area (Å²) in [6.07, 6.45) is 4.01. The van der Waals surface area contributed by atoms with Crippen LogP contribution in [-0.4, -0.2) is 16.3 Å². The summed E-state index contributed by atoms with van der Waals surface area (Å²) in [7, 11) is 0. The van der Waals surface area contributed by atoms with E-state index in [1.807, 2.05) is 0 Å².